The Kier molecular flexibility index (Phi) is 16.5. The molecule has 28 heavy (non-hydrogen) atoms. The highest BCUT2D eigenvalue weighted by atomic mass is 127. The Balaban J connectivity index is 1.86. The van der Waals surface area contributed by atoms with E-state index in [4.69, 9.17) is 4.74 Å². The summed E-state index contributed by atoms with van der Waals surface area (Å²) in [6.07, 6.45) is 20.2. The fourth-order valence-electron chi connectivity index (χ4n) is 3.15. The van der Waals surface area contributed by atoms with E-state index in [9.17, 15) is 4.79 Å². The Labute approximate surface area is 197 Å². The molecule has 0 aliphatic rings. The Morgan fingerprint density at radius 1 is 0.679 bits per heavy atom. The maximum Gasteiger partial charge on any atom is 0.329 e. The van der Waals surface area contributed by atoms with Gasteiger partial charge in [-0.25, -0.2) is 0 Å². The van der Waals surface area contributed by atoms with E-state index in [-0.39, 0.29) is 12.0 Å². The predicted octanol–water partition coefficient (Wildman–Crippen LogP) is 7.25. The number of hydrogen-bond acceptors (Lipinski definition) is 5. The molecule has 0 unspecified atom stereocenters. The molecule has 160 valence electrons. The second-order valence-electron chi connectivity index (χ2n) is 7.33. The predicted molar refractivity (Wildman–Crippen MR) is 130 cm³/mol. The third-order valence-electron chi connectivity index (χ3n) is 4.75. The molecular formula is C21H35I2N3O2. The lowest BCUT2D eigenvalue weighted by Gasteiger charge is -2.04. The van der Waals surface area contributed by atoms with Crippen LogP contribution in [0.5, 0.6) is 6.01 Å². The van der Waals surface area contributed by atoms with E-state index in [1.807, 2.05) is 45.2 Å². The van der Waals surface area contributed by atoms with E-state index < -0.39 is 0 Å². The highest BCUT2D eigenvalue weighted by Gasteiger charge is 2.09. The number of esters is 1. The first-order chi connectivity index (χ1) is 13.6. The second-order valence-corrected chi connectivity index (χ2v) is 9.26. The zero-order valence-electron chi connectivity index (χ0n) is 17.2. The smallest absolute Gasteiger partial charge is 0.329 e. The zero-order valence-corrected chi connectivity index (χ0v) is 21.5. The molecule has 1 aromatic heterocycles. The van der Waals surface area contributed by atoms with Crippen LogP contribution in [0, 0.1) is 7.66 Å². The van der Waals surface area contributed by atoms with Crippen LogP contribution in [0.2, 0.25) is 0 Å². The third-order valence-corrected chi connectivity index (χ3v) is 5.71. The third kappa shape index (κ3) is 14.9. The number of aromatic nitrogens is 3. The Morgan fingerprint density at radius 3 is 1.50 bits per heavy atom. The second kappa shape index (κ2) is 17.8. The highest BCUT2D eigenvalue weighted by Crippen LogP contribution is 2.14. The van der Waals surface area contributed by atoms with Crippen LogP contribution in [0.3, 0.4) is 0 Å². The number of carbonyl (C=O) groups is 1. The zero-order chi connectivity index (χ0) is 20.5. The molecule has 1 rings (SSSR count). The van der Waals surface area contributed by atoms with Crippen molar-refractivity contribution in [1.29, 1.82) is 0 Å². The van der Waals surface area contributed by atoms with Crippen molar-refractivity contribution in [3.63, 3.8) is 0 Å². The summed E-state index contributed by atoms with van der Waals surface area (Å²) < 4.78 is 6.25. The highest BCUT2D eigenvalue weighted by molar-refractivity contribution is 14.1. The molecule has 0 aliphatic carbocycles. The summed E-state index contributed by atoms with van der Waals surface area (Å²) in [6, 6.07) is 0.106. The van der Waals surface area contributed by atoms with Crippen LogP contribution in [0.1, 0.15) is 110 Å². The standard InChI is InChI=1S/C21H35I2N3O2/c1-2-3-4-5-6-7-8-9-10-11-12-13-14-15-16-17-18(27)28-21-25-19(22)24-20(23)26-21/h2-17H2,1H3. The largest absolute Gasteiger partial charge is 0.391 e. The summed E-state index contributed by atoms with van der Waals surface area (Å²) in [5, 5.41) is 0. The van der Waals surface area contributed by atoms with Gasteiger partial charge in [0, 0.05) is 51.6 Å². The number of carbonyl (C=O) groups excluding carboxylic acids is 1. The summed E-state index contributed by atoms with van der Waals surface area (Å²) in [5.41, 5.74) is 0. The van der Waals surface area contributed by atoms with Crippen molar-refractivity contribution in [3.8, 4) is 6.01 Å². The number of rotatable bonds is 17. The molecular weight excluding hydrogens is 580 g/mol. The van der Waals surface area contributed by atoms with Crippen molar-refractivity contribution in [3.05, 3.63) is 7.66 Å². The topological polar surface area (TPSA) is 65.0 Å². The molecule has 0 saturated carbocycles. The van der Waals surface area contributed by atoms with Gasteiger partial charge in [-0.05, 0) is 6.42 Å². The van der Waals surface area contributed by atoms with Crippen molar-refractivity contribution in [2.45, 2.75) is 110 Å². The van der Waals surface area contributed by atoms with Crippen molar-refractivity contribution in [2.24, 2.45) is 0 Å². The SMILES string of the molecule is CCCCCCCCCCCCCCCCCC(=O)Oc1nc(I)nc(I)n1. The minimum atomic E-state index is -0.257. The van der Waals surface area contributed by atoms with Gasteiger partial charge in [-0.15, -0.1) is 0 Å². The minimum absolute atomic E-state index is 0.106. The molecule has 0 atom stereocenters. The maximum absolute atomic E-state index is 11.8. The van der Waals surface area contributed by atoms with Gasteiger partial charge in [-0.1, -0.05) is 96.8 Å². The van der Waals surface area contributed by atoms with E-state index in [0.29, 0.717) is 14.1 Å². The van der Waals surface area contributed by atoms with Crippen molar-refractivity contribution in [2.75, 3.05) is 0 Å². The molecule has 0 N–H and O–H groups in total. The molecule has 0 radical (unpaired) electrons. The molecule has 1 heterocycles. The van der Waals surface area contributed by atoms with Gasteiger partial charge in [0.2, 0.25) is 0 Å². The molecule has 0 spiro atoms. The van der Waals surface area contributed by atoms with E-state index in [0.717, 1.165) is 12.8 Å². The van der Waals surface area contributed by atoms with E-state index >= 15 is 0 Å². The fourth-order valence-corrected chi connectivity index (χ4v) is 4.48. The van der Waals surface area contributed by atoms with Gasteiger partial charge in [0.1, 0.15) is 0 Å². The molecule has 5 nitrogen and oxygen atoms in total. The summed E-state index contributed by atoms with van der Waals surface area (Å²) >= 11 is 3.97. The van der Waals surface area contributed by atoms with Crippen LogP contribution < -0.4 is 4.74 Å². The van der Waals surface area contributed by atoms with Gasteiger partial charge < -0.3 is 4.74 Å². The number of hydrogen-bond donors (Lipinski definition) is 0. The minimum Gasteiger partial charge on any atom is -0.391 e. The van der Waals surface area contributed by atoms with Gasteiger partial charge in [-0.3, -0.25) is 4.79 Å². The summed E-state index contributed by atoms with van der Waals surface area (Å²) in [4.78, 5) is 23.9. The first-order valence-corrected chi connectivity index (χ1v) is 13.1. The molecule has 0 aliphatic heterocycles. The number of nitrogens with zero attached hydrogens (tertiary/aromatic N) is 3. The molecule has 0 fully saturated rings. The molecule has 0 bridgehead atoms. The monoisotopic (exact) mass is 615 g/mol. The lowest BCUT2D eigenvalue weighted by atomic mass is 10.0. The maximum atomic E-state index is 11.8. The van der Waals surface area contributed by atoms with Crippen LogP contribution in [-0.2, 0) is 4.79 Å². The number of ether oxygens (including phenoxy) is 1. The molecule has 1 aromatic rings. The summed E-state index contributed by atoms with van der Waals surface area (Å²) in [6.45, 7) is 2.27. The first-order valence-electron chi connectivity index (χ1n) is 10.9. The lowest BCUT2D eigenvalue weighted by molar-refractivity contribution is -0.135. The normalized spacial score (nSPS) is 11.0. The van der Waals surface area contributed by atoms with Crippen LogP contribution in [0.15, 0.2) is 0 Å². The summed E-state index contributed by atoms with van der Waals surface area (Å²) in [5.74, 6) is -0.257. The first kappa shape index (κ1) is 26.0. The van der Waals surface area contributed by atoms with Gasteiger partial charge in [0.25, 0.3) is 0 Å². The van der Waals surface area contributed by atoms with E-state index in [2.05, 4.69) is 21.9 Å². The Bertz CT molecular complexity index is 524. The van der Waals surface area contributed by atoms with E-state index in [1.54, 1.807) is 0 Å². The van der Waals surface area contributed by atoms with E-state index in [1.165, 1.54) is 83.5 Å². The Hall–Kier alpha value is -0.0600. The molecule has 0 aromatic carbocycles. The fraction of sp³-hybridized carbons (Fsp3) is 0.810. The average molecular weight is 615 g/mol. The van der Waals surface area contributed by atoms with Crippen LogP contribution in [0.25, 0.3) is 0 Å². The van der Waals surface area contributed by atoms with Gasteiger partial charge in [-0.2, -0.15) is 15.0 Å². The van der Waals surface area contributed by atoms with Crippen molar-refractivity contribution in [1.82, 2.24) is 15.0 Å². The van der Waals surface area contributed by atoms with Crippen LogP contribution >= 0.6 is 45.2 Å². The number of unbranched alkanes of at least 4 members (excludes halogenated alkanes) is 14. The van der Waals surface area contributed by atoms with Gasteiger partial charge >= 0.3 is 12.0 Å². The lowest BCUT2D eigenvalue weighted by Crippen LogP contribution is -2.11. The Morgan fingerprint density at radius 2 is 1.07 bits per heavy atom. The van der Waals surface area contributed by atoms with Gasteiger partial charge in [0.15, 0.2) is 7.66 Å². The van der Waals surface area contributed by atoms with Crippen molar-refractivity contribution < 1.29 is 9.53 Å². The molecule has 7 heteroatoms. The molecule has 0 amide bonds. The molecule has 0 saturated heterocycles. The van der Waals surface area contributed by atoms with Crippen LogP contribution in [-0.4, -0.2) is 20.9 Å². The van der Waals surface area contributed by atoms with Crippen molar-refractivity contribution >= 4 is 51.2 Å². The van der Waals surface area contributed by atoms with Gasteiger partial charge in [0.05, 0.1) is 0 Å². The summed E-state index contributed by atoms with van der Waals surface area (Å²) in [7, 11) is 0. The van der Waals surface area contributed by atoms with Crippen LogP contribution in [0.4, 0.5) is 0 Å². The number of halogens is 2. The quantitative estimate of drug-likeness (QED) is 0.105. The average Bonchev–Trinajstić information content (AvgIpc) is 2.64.